The van der Waals surface area contributed by atoms with Crippen LogP contribution in [0.2, 0.25) is 0 Å². The highest BCUT2D eigenvalue weighted by molar-refractivity contribution is 5.93. The van der Waals surface area contributed by atoms with Crippen molar-refractivity contribution in [2.24, 2.45) is 14.1 Å². The van der Waals surface area contributed by atoms with Crippen LogP contribution in [0.1, 0.15) is 18.4 Å². The maximum atomic E-state index is 12.6. The van der Waals surface area contributed by atoms with E-state index in [9.17, 15) is 14.4 Å². The van der Waals surface area contributed by atoms with Crippen molar-refractivity contribution in [3.8, 4) is 0 Å². The van der Waals surface area contributed by atoms with Gasteiger partial charge in [-0.3, -0.25) is 18.7 Å². The number of fused-ring (bicyclic) bond motifs is 1. The Balaban J connectivity index is 1.28. The molecular weight excluding hydrogens is 408 g/mol. The number of carbonyl (C=O) groups excluding carboxylic acids is 2. The third kappa shape index (κ3) is 4.37. The number of nitrogens with one attached hydrogen (secondary N) is 1. The highest BCUT2D eigenvalue weighted by Crippen LogP contribution is 2.18. The standard InChI is InChI=1S/C23H28N6O3/c1-16-5-4-6-17(15-16)28-11-13-29(14-12-28)21(31)10-9-20(30)24-19-8-7-18-22(25-19)27(3)23(32)26(18)2/h4-8,15H,9-14H2,1-3H3,(H,24,25,30). The minimum Gasteiger partial charge on any atom is -0.368 e. The fraction of sp³-hybridized carbons (Fsp3) is 0.391. The van der Waals surface area contributed by atoms with E-state index in [-0.39, 0.29) is 30.3 Å². The summed E-state index contributed by atoms with van der Waals surface area (Å²) in [6.45, 7) is 4.92. The van der Waals surface area contributed by atoms with Crippen LogP contribution in [0.25, 0.3) is 11.2 Å². The summed E-state index contributed by atoms with van der Waals surface area (Å²) in [5.41, 5.74) is 3.41. The summed E-state index contributed by atoms with van der Waals surface area (Å²) in [7, 11) is 3.32. The van der Waals surface area contributed by atoms with Crippen LogP contribution in [0.3, 0.4) is 0 Å². The largest absolute Gasteiger partial charge is 0.368 e. The average molecular weight is 437 g/mol. The first-order chi connectivity index (χ1) is 15.3. The Labute approximate surface area is 186 Å². The Bertz CT molecular complexity index is 1220. The molecule has 0 spiro atoms. The number of anilines is 2. The minimum atomic E-state index is -0.274. The minimum absolute atomic E-state index is 0.0158. The zero-order valence-corrected chi connectivity index (χ0v) is 18.7. The van der Waals surface area contributed by atoms with E-state index < -0.39 is 0 Å². The summed E-state index contributed by atoms with van der Waals surface area (Å²) in [6.07, 6.45) is 0.243. The van der Waals surface area contributed by atoms with Crippen LogP contribution >= 0.6 is 0 Å². The fourth-order valence-electron chi connectivity index (χ4n) is 4.06. The number of piperazine rings is 1. The summed E-state index contributed by atoms with van der Waals surface area (Å²) in [5, 5.41) is 2.73. The number of nitrogens with zero attached hydrogens (tertiary/aromatic N) is 5. The second-order valence-electron chi connectivity index (χ2n) is 8.19. The maximum absolute atomic E-state index is 12.6. The van der Waals surface area contributed by atoms with Gasteiger partial charge < -0.3 is 15.1 Å². The Kier molecular flexibility index (Phi) is 5.98. The Hall–Kier alpha value is -3.62. The van der Waals surface area contributed by atoms with E-state index in [0.29, 0.717) is 30.1 Å². The number of hydrogen-bond donors (Lipinski definition) is 1. The summed E-state index contributed by atoms with van der Waals surface area (Å²) in [4.78, 5) is 45.4. The molecule has 1 fully saturated rings. The first-order valence-corrected chi connectivity index (χ1v) is 10.7. The number of rotatable bonds is 5. The monoisotopic (exact) mass is 436 g/mol. The van der Waals surface area contributed by atoms with Gasteiger partial charge in [0.25, 0.3) is 0 Å². The van der Waals surface area contributed by atoms with E-state index in [1.165, 1.54) is 20.4 Å². The van der Waals surface area contributed by atoms with E-state index >= 15 is 0 Å². The molecule has 1 saturated heterocycles. The molecule has 3 aromatic rings. The van der Waals surface area contributed by atoms with Crippen LogP contribution < -0.4 is 15.9 Å². The number of carbonyl (C=O) groups is 2. The van der Waals surface area contributed by atoms with Crippen molar-refractivity contribution in [3.63, 3.8) is 0 Å². The summed E-state index contributed by atoms with van der Waals surface area (Å²) < 4.78 is 2.94. The quantitative estimate of drug-likeness (QED) is 0.657. The van der Waals surface area contributed by atoms with Gasteiger partial charge in [0.05, 0.1) is 5.52 Å². The molecule has 0 bridgehead atoms. The van der Waals surface area contributed by atoms with Gasteiger partial charge in [-0.15, -0.1) is 0 Å². The van der Waals surface area contributed by atoms with Gasteiger partial charge >= 0.3 is 5.69 Å². The Morgan fingerprint density at radius 2 is 1.75 bits per heavy atom. The van der Waals surface area contributed by atoms with Crippen molar-refractivity contribution in [2.75, 3.05) is 36.4 Å². The molecule has 0 aliphatic carbocycles. The van der Waals surface area contributed by atoms with Crippen molar-refractivity contribution < 1.29 is 9.59 Å². The van der Waals surface area contributed by atoms with Crippen molar-refractivity contribution in [2.45, 2.75) is 19.8 Å². The molecule has 9 nitrogen and oxygen atoms in total. The highest BCUT2D eigenvalue weighted by atomic mass is 16.2. The number of amides is 2. The number of aromatic nitrogens is 3. The SMILES string of the molecule is Cc1cccc(N2CCN(C(=O)CCC(=O)Nc3ccc4c(n3)n(C)c(=O)n4C)CC2)c1. The van der Waals surface area contributed by atoms with Crippen LogP contribution in [0.4, 0.5) is 11.5 Å². The molecule has 1 aliphatic rings. The lowest BCUT2D eigenvalue weighted by Gasteiger charge is -2.36. The van der Waals surface area contributed by atoms with E-state index in [1.54, 1.807) is 26.2 Å². The lowest BCUT2D eigenvalue weighted by Crippen LogP contribution is -2.48. The van der Waals surface area contributed by atoms with Crippen LogP contribution in [0.15, 0.2) is 41.2 Å². The van der Waals surface area contributed by atoms with E-state index in [1.807, 2.05) is 11.0 Å². The molecule has 2 aromatic heterocycles. The topological polar surface area (TPSA) is 92.5 Å². The van der Waals surface area contributed by atoms with Crippen LogP contribution in [0.5, 0.6) is 0 Å². The predicted molar refractivity (Wildman–Crippen MR) is 124 cm³/mol. The molecule has 0 saturated carbocycles. The van der Waals surface area contributed by atoms with Crippen LogP contribution in [0, 0.1) is 6.92 Å². The van der Waals surface area contributed by atoms with Gasteiger partial charge in [-0.2, -0.15) is 0 Å². The second-order valence-corrected chi connectivity index (χ2v) is 8.19. The van der Waals surface area contributed by atoms with Gasteiger partial charge in [0.15, 0.2) is 5.65 Å². The van der Waals surface area contributed by atoms with Crippen molar-refractivity contribution in [1.29, 1.82) is 0 Å². The molecule has 1 aromatic carbocycles. The Morgan fingerprint density at radius 1 is 1.00 bits per heavy atom. The van der Waals surface area contributed by atoms with Crippen molar-refractivity contribution >= 4 is 34.5 Å². The maximum Gasteiger partial charge on any atom is 0.329 e. The lowest BCUT2D eigenvalue weighted by atomic mass is 10.2. The Morgan fingerprint density at radius 3 is 2.47 bits per heavy atom. The number of pyridine rings is 1. The molecule has 168 valence electrons. The molecular formula is C23H28N6O3. The molecule has 2 amide bonds. The molecule has 0 unspecified atom stereocenters. The lowest BCUT2D eigenvalue weighted by molar-refractivity contribution is -0.133. The first kappa shape index (κ1) is 21.6. The molecule has 1 aliphatic heterocycles. The zero-order valence-electron chi connectivity index (χ0n) is 18.7. The third-order valence-corrected chi connectivity index (χ3v) is 5.94. The number of aryl methyl sites for hydroxylation is 3. The molecule has 4 rings (SSSR count). The van der Waals surface area contributed by atoms with Crippen molar-refractivity contribution in [1.82, 2.24) is 19.0 Å². The van der Waals surface area contributed by atoms with Gasteiger partial charge in [0, 0.05) is 58.8 Å². The number of hydrogen-bond acceptors (Lipinski definition) is 5. The average Bonchev–Trinajstić information content (AvgIpc) is 3.01. The van der Waals surface area contributed by atoms with Crippen molar-refractivity contribution in [3.05, 3.63) is 52.4 Å². The summed E-state index contributed by atoms with van der Waals surface area (Å²) in [6, 6.07) is 11.8. The van der Waals surface area contributed by atoms with Gasteiger partial charge in [-0.05, 0) is 36.8 Å². The molecule has 9 heteroatoms. The fourth-order valence-corrected chi connectivity index (χ4v) is 4.06. The highest BCUT2D eigenvalue weighted by Gasteiger charge is 2.22. The van der Waals surface area contributed by atoms with Gasteiger partial charge in [-0.1, -0.05) is 12.1 Å². The molecule has 1 N–H and O–H groups in total. The van der Waals surface area contributed by atoms with Crippen LogP contribution in [-0.4, -0.2) is 57.0 Å². The van der Waals surface area contributed by atoms with Gasteiger partial charge in [-0.25, -0.2) is 9.78 Å². The van der Waals surface area contributed by atoms with E-state index in [2.05, 4.69) is 40.3 Å². The number of benzene rings is 1. The van der Waals surface area contributed by atoms with E-state index in [4.69, 9.17) is 0 Å². The first-order valence-electron chi connectivity index (χ1n) is 10.7. The van der Waals surface area contributed by atoms with Gasteiger partial charge in [0.1, 0.15) is 5.82 Å². The third-order valence-electron chi connectivity index (χ3n) is 5.94. The van der Waals surface area contributed by atoms with E-state index in [0.717, 1.165) is 13.1 Å². The predicted octanol–water partition coefficient (Wildman–Crippen LogP) is 1.65. The summed E-state index contributed by atoms with van der Waals surface area (Å²) in [5.74, 6) is 0.0744. The summed E-state index contributed by atoms with van der Waals surface area (Å²) >= 11 is 0. The normalized spacial score (nSPS) is 14.1. The molecule has 0 radical (unpaired) electrons. The second kappa shape index (κ2) is 8.86. The van der Waals surface area contributed by atoms with Crippen LogP contribution in [-0.2, 0) is 23.7 Å². The molecule has 32 heavy (non-hydrogen) atoms. The zero-order chi connectivity index (χ0) is 22.8. The molecule has 3 heterocycles. The van der Waals surface area contributed by atoms with Gasteiger partial charge in [0.2, 0.25) is 11.8 Å². The number of imidazole rings is 1. The molecule has 0 atom stereocenters. The smallest absolute Gasteiger partial charge is 0.329 e.